The van der Waals surface area contributed by atoms with Crippen LogP contribution in [0.2, 0.25) is 0 Å². The summed E-state index contributed by atoms with van der Waals surface area (Å²) < 4.78 is 48.3. The third-order valence-corrected chi connectivity index (χ3v) is 5.23. The average molecular weight is 431 g/mol. The van der Waals surface area contributed by atoms with Crippen molar-refractivity contribution in [3.63, 3.8) is 0 Å². The summed E-state index contributed by atoms with van der Waals surface area (Å²) >= 11 is 0. The maximum atomic E-state index is 14.5. The van der Waals surface area contributed by atoms with Crippen LogP contribution in [0.5, 0.6) is 17.4 Å². The van der Waals surface area contributed by atoms with Gasteiger partial charge in [-0.3, -0.25) is 9.25 Å². The molecule has 162 valence electrons. The van der Waals surface area contributed by atoms with Gasteiger partial charge in [0.2, 0.25) is 5.88 Å². The molecule has 11 heteroatoms. The van der Waals surface area contributed by atoms with E-state index in [9.17, 15) is 13.6 Å². The van der Waals surface area contributed by atoms with Gasteiger partial charge in [-0.15, -0.1) is 0 Å². The minimum absolute atomic E-state index is 0.0805. The number of anilines is 1. The van der Waals surface area contributed by atoms with Crippen molar-refractivity contribution >= 4 is 5.82 Å². The van der Waals surface area contributed by atoms with Crippen molar-refractivity contribution in [2.75, 3.05) is 18.2 Å². The minimum Gasteiger partial charge on any atom is -0.473 e. The van der Waals surface area contributed by atoms with Crippen LogP contribution in [0, 0.1) is 11.6 Å². The van der Waals surface area contributed by atoms with Gasteiger partial charge in [-0.05, 0) is 24.6 Å². The van der Waals surface area contributed by atoms with E-state index in [1.165, 1.54) is 6.20 Å². The number of nitrogens with zero attached hydrogens (tertiary/aromatic N) is 5. The number of aromatic nitrogens is 4. The van der Waals surface area contributed by atoms with Crippen molar-refractivity contribution in [3.8, 4) is 17.4 Å². The lowest BCUT2D eigenvalue weighted by molar-refractivity contribution is 0.189. The number of aryl methyl sites for hydroxylation is 1. The molecule has 1 saturated heterocycles. The van der Waals surface area contributed by atoms with E-state index in [1.807, 2.05) is 11.8 Å². The SMILES string of the molecule is CCn1cc(Oc2c(F)cc(COc3cc4n(c(=O)n3)C[C@@H]3COCN43)cc2F)cn1. The highest BCUT2D eigenvalue weighted by Crippen LogP contribution is 2.31. The lowest BCUT2D eigenvalue weighted by Crippen LogP contribution is -2.26. The van der Waals surface area contributed by atoms with Gasteiger partial charge in [0.1, 0.15) is 19.2 Å². The predicted molar refractivity (Wildman–Crippen MR) is 104 cm³/mol. The number of fused-ring (bicyclic) bond motifs is 3. The van der Waals surface area contributed by atoms with Crippen molar-refractivity contribution in [2.24, 2.45) is 0 Å². The van der Waals surface area contributed by atoms with Crippen LogP contribution in [0.4, 0.5) is 14.6 Å². The lowest BCUT2D eigenvalue weighted by atomic mass is 10.2. The van der Waals surface area contributed by atoms with Gasteiger partial charge in [0.15, 0.2) is 23.1 Å². The van der Waals surface area contributed by atoms with Gasteiger partial charge in [0.25, 0.3) is 0 Å². The van der Waals surface area contributed by atoms with E-state index in [2.05, 4.69) is 10.1 Å². The zero-order valence-corrected chi connectivity index (χ0v) is 16.6. The Hall–Kier alpha value is -3.47. The summed E-state index contributed by atoms with van der Waals surface area (Å²) in [6, 6.07) is 3.97. The van der Waals surface area contributed by atoms with Crippen molar-refractivity contribution in [1.82, 2.24) is 19.3 Å². The molecule has 2 aliphatic heterocycles. The van der Waals surface area contributed by atoms with Gasteiger partial charge in [-0.2, -0.15) is 10.1 Å². The maximum absolute atomic E-state index is 14.5. The standard InChI is InChI=1S/C20H19F2N5O4/c1-2-25-8-14(6-23-25)31-19-15(21)3-12(4-16(19)22)9-30-17-5-18-26(20(28)24-17)7-13-10-29-11-27(13)18/h3-6,8,13H,2,7,9-11H2,1H3/t13-/m1/s1. The van der Waals surface area contributed by atoms with Gasteiger partial charge in [-0.25, -0.2) is 13.6 Å². The number of hydrogen-bond acceptors (Lipinski definition) is 7. The fourth-order valence-electron chi connectivity index (χ4n) is 3.69. The predicted octanol–water partition coefficient (Wildman–Crippen LogP) is 2.29. The van der Waals surface area contributed by atoms with Crippen molar-refractivity contribution < 1.29 is 23.0 Å². The van der Waals surface area contributed by atoms with Crippen molar-refractivity contribution in [2.45, 2.75) is 32.7 Å². The molecule has 0 saturated carbocycles. The van der Waals surface area contributed by atoms with E-state index < -0.39 is 23.1 Å². The second-order valence-electron chi connectivity index (χ2n) is 7.28. The quantitative estimate of drug-likeness (QED) is 0.592. The van der Waals surface area contributed by atoms with Gasteiger partial charge in [0, 0.05) is 12.6 Å². The Kier molecular flexibility index (Phi) is 4.81. The molecule has 5 rings (SSSR count). The first-order valence-electron chi connectivity index (χ1n) is 9.79. The molecule has 31 heavy (non-hydrogen) atoms. The van der Waals surface area contributed by atoms with E-state index in [1.54, 1.807) is 21.5 Å². The second-order valence-corrected chi connectivity index (χ2v) is 7.28. The second kappa shape index (κ2) is 7.65. The zero-order chi connectivity index (χ0) is 21.5. The fourth-order valence-corrected chi connectivity index (χ4v) is 3.69. The van der Waals surface area contributed by atoms with Crippen LogP contribution in [-0.4, -0.2) is 38.7 Å². The smallest absolute Gasteiger partial charge is 0.352 e. The highest BCUT2D eigenvalue weighted by atomic mass is 19.1. The highest BCUT2D eigenvalue weighted by molar-refractivity contribution is 5.47. The van der Waals surface area contributed by atoms with Crippen LogP contribution in [0.1, 0.15) is 12.5 Å². The first kappa shape index (κ1) is 19.5. The molecule has 0 aliphatic carbocycles. The van der Waals surface area contributed by atoms with Crippen LogP contribution in [0.15, 0.2) is 35.4 Å². The van der Waals surface area contributed by atoms with Gasteiger partial charge < -0.3 is 19.1 Å². The van der Waals surface area contributed by atoms with E-state index in [-0.39, 0.29) is 29.8 Å². The van der Waals surface area contributed by atoms with E-state index in [4.69, 9.17) is 14.2 Å². The third kappa shape index (κ3) is 3.61. The topological polar surface area (TPSA) is 83.6 Å². The molecule has 2 aromatic heterocycles. The first-order valence-corrected chi connectivity index (χ1v) is 9.79. The molecule has 2 aliphatic rings. The molecule has 0 N–H and O–H groups in total. The molecule has 0 amide bonds. The summed E-state index contributed by atoms with van der Waals surface area (Å²) in [5.74, 6) is -1.30. The van der Waals surface area contributed by atoms with Crippen LogP contribution in [0.3, 0.4) is 0 Å². The minimum atomic E-state index is -0.873. The summed E-state index contributed by atoms with van der Waals surface area (Å²) in [5.41, 5.74) is -0.202. The Labute approximate surface area is 175 Å². The largest absolute Gasteiger partial charge is 0.473 e. The van der Waals surface area contributed by atoms with Gasteiger partial charge in [-0.1, -0.05) is 0 Å². The molecule has 0 unspecified atom stereocenters. The molecular weight excluding hydrogens is 412 g/mol. The summed E-state index contributed by atoms with van der Waals surface area (Å²) in [4.78, 5) is 18.2. The van der Waals surface area contributed by atoms with Crippen LogP contribution in [-0.2, 0) is 24.4 Å². The molecule has 3 aromatic rings. The number of benzene rings is 1. The highest BCUT2D eigenvalue weighted by Gasteiger charge is 2.35. The first-order chi connectivity index (χ1) is 15.0. The molecule has 1 atom stereocenters. The monoisotopic (exact) mass is 431 g/mol. The Balaban J connectivity index is 1.32. The van der Waals surface area contributed by atoms with Gasteiger partial charge in [0.05, 0.1) is 31.6 Å². The van der Waals surface area contributed by atoms with Crippen LogP contribution >= 0.6 is 0 Å². The normalized spacial score (nSPS) is 17.0. The van der Waals surface area contributed by atoms with Crippen molar-refractivity contribution in [1.29, 1.82) is 0 Å². The van der Waals surface area contributed by atoms with Crippen LogP contribution in [0.25, 0.3) is 0 Å². The summed E-state index contributed by atoms with van der Waals surface area (Å²) in [6.45, 7) is 3.77. The van der Waals surface area contributed by atoms with Gasteiger partial charge >= 0.3 is 5.69 Å². The Morgan fingerprint density at radius 2 is 2.06 bits per heavy atom. The third-order valence-electron chi connectivity index (χ3n) is 5.23. The van der Waals surface area contributed by atoms with E-state index >= 15 is 0 Å². The maximum Gasteiger partial charge on any atom is 0.352 e. The lowest BCUT2D eigenvalue weighted by Gasteiger charge is -2.15. The molecular formula is C20H19F2N5O4. The molecule has 0 radical (unpaired) electrons. The molecule has 0 bridgehead atoms. The van der Waals surface area contributed by atoms with E-state index in [0.717, 1.165) is 12.1 Å². The molecule has 0 spiro atoms. The molecule has 1 aromatic carbocycles. The molecule has 1 fully saturated rings. The summed E-state index contributed by atoms with van der Waals surface area (Å²) in [7, 11) is 0. The zero-order valence-electron chi connectivity index (χ0n) is 16.6. The van der Waals surface area contributed by atoms with Crippen LogP contribution < -0.4 is 20.1 Å². The Morgan fingerprint density at radius 3 is 2.81 bits per heavy atom. The fraction of sp³-hybridized carbons (Fsp3) is 0.350. The Bertz CT molecular complexity index is 1170. The van der Waals surface area contributed by atoms with Crippen molar-refractivity contribution in [3.05, 3.63) is 58.3 Å². The number of ether oxygens (including phenoxy) is 3. The number of hydrogen-bond donors (Lipinski definition) is 0. The number of rotatable bonds is 6. The average Bonchev–Trinajstić information content (AvgIpc) is 3.46. The molecule has 4 heterocycles. The van der Waals surface area contributed by atoms with E-state index in [0.29, 0.717) is 32.2 Å². The molecule has 9 nitrogen and oxygen atoms in total. The summed E-state index contributed by atoms with van der Waals surface area (Å²) in [5, 5.41) is 4.00. The summed E-state index contributed by atoms with van der Waals surface area (Å²) in [6.07, 6.45) is 2.93. The number of halogens is 2. The Morgan fingerprint density at radius 1 is 1.26 bits per heavy atom.